The summed E-state index contributed by atoms with van der Waals surface area (Å²) in [6.07, 6.45) is 1.52. The molecule has 3 rings (SSSR count). The molecule has 0 amide bonds. The number of para-hydroxylation sites is 1. The van der Waals surface area contributed by atoms with Crippen LogP contribution in [0.3, 0.4) is 0 Å². The molecule has 0 radical (unpaired) electrons. The predicted molar refractivity (Wildman–Crippen MR) is 91.0 cm³/mol. The minimum atomic E-state index is 0.367. The van der Waals surface area contributed by atoms with Crippen molar-refractivity contribution < 1.29 is 4.74 Å². The number of pyridine rings is 1. The number of anilines is 1. The van der Waals surface area contributed by atoms with E-state index in [2.05, 4.69) is 43.4 Å². The van der Waals surface area contributed by atoms with Crippen molar-refractivity contribution in [2.45, 2.75) is 37.4 Å². The van der Waals surface area contributed by atoms with Crippen LogP contribution in [0.2, 0.25) is 0 Å². The van der Waals surface area contributed by atoms with E-state index in [0.717, 1.165) is 36.7 Å². The van der Waals surface area contributed by atoms with Crippen LogP contribution < -0.4 is 5.32 Å². The number of benzene rings is 1. The van der Waals surface area contributed by atoms with Crippen molar-refractivity contribution in [3.63, 3.8) is 0 Å². The quantitative estimate of drug-likeness (QED) is 0.902. The third kappa shape index (κ3) is 3.33. The van der Waals surface area contributed by atoms with E-state index in [-0.39, 0.29) is 0 Å². The molecule has 2 unspecified atom stereocenters. The van der Waals surface area contributed by atoms with E-state index < -0.39 is 0 Å². The minimum Gasteiger partial charge on any atom is -0.377 e. The van der Waals surface area contributed by atoms with Crippen LogP contribution in [-0.4, -0.2) is 29.5 Å². The van der Waals surface area contributed by atoms with E-state index >= 15 is 0 Å². The number of nitrogens with one attached hydrogen (secondary N) is 1. The van der Waals surface area contributed by atoms with Gasteiger partial charge < -0.3 is 10.1 Å². The first-order chi connectivity index (χ1) is 10.3. The Balaban J connectivity index is 1.83. The van der Waals surface area contributed by atoms with Gasteiger partial charge in [0.2, 0.25) is 0 Å². The molecule has 1 aliphatic rings. The van der Waals surface area contributed by atoms with Gasteiger partial charge in [-0.1, -0.05) is 18.2 Å². The van der Waals surface area contributed by atoms with Crippen molar-refractivity contribution in [2.24, 2.45) is 0 Å². The van der Waals surface area contributed by atoms with Gasteiger partial charge in [-0.2, -0.15) is 11.8 Å². The number of nitrogens with zero attached hydrogens (tertiary/aromatic N) is 1. The highest BCUT2D eigenvalue weighted by molar-refractivity contribution is 7.99. The average Bonchev–Trinajstić information content (AvgIpc) is 2.90. The summed E-state index contributed by atoms with van der Waals surface area (Å²) in [5.41, 5.74) is 2.35. The normalized spacial score (nSPS) is 21.8. The molecule has 4 heteroatoms. The summed E-state index contributed by atoms with van der Waals surface area (Å²) in [7, 11) is 0. The first-order valence-corrected chi connectivity index (χ1v) is 8.68. The zero-order valence-corrected chi connectivity index (χ0v) is 13.5. The summed E-state index contributed by atoms with van der Waals surface area (Å²) in [5.74, 6) is 2.01. The number of thioether (sulfide) groups is 1. The van der Waals surface area contributed by atoms with Crippen LogP contribution in [0.5, 0.6) is 0 Å². The Bertz CT molecular complexity index is 617. The summed E-state index contributed by atoms with van der Waals surface area (Å²) < 4.78 is 5.65. The molecule has 1 fully saturated rings. The van der Waals surface area contributed by atoms with Crippen molar-refractivity contribution in [2.75, 3.05) is 18.5 Å². The molecule has 2 atom stereocenters. The number of rotatable bonds is 5. The third-order valence-corrected chi connectivity index (χ3v) is 5.43. The van der Waals surface area contributed by atoms with Crippen LogP contribution in [0.15, 0.2) is 30.3 Å². The van der Waals surface area contributed by atoms with E-state index in [9.17, 15) is 0 Å². The highest BCUT2D eigenvalue weighted by Crippen LogP contribution is 2.31. The Kier molecular flexibility index (Phi) is 4.66. The second kappa shape index (κ2) is 6.67. The monoisotopic (exact) mass is 302 g/mol. The number of hydrogen-bond acceptors (Lipinski definition) is 4. The van der Waals surface area contributed by atoms with Gasteiger partial charge in [0.05, 0.1) is 11.6 Å². The Labute approximate surface area is 130 Å². The van der Waals surface area contributed by atoms with Crippen LogP contribution in [0.4, 0.5) is 5.82 Å². The lowest BCUT2D eigenvalue weighted by atomic mass is 10.1. The van der Waals surface area contributed by atoms with E-state index in [0.29, 0.717) is 11.4 Å². The summed E-state index contributed by atoms with van der Waals surface area (Å²) in [6, 6.07) is 10.6. The molecule has 3 nitrogen and oxygen atoms in total. The molecule has 1 aliphatic heterocycles. The fourth-order valence-corrected chi connectivity index (χ4v) is 3.94. The SMILES string of the molecule is CCNc1nc2ccccc2cc1CSC1CCOC1C. The molecule has 21 heavy (non-hydrogen) atoms. The fourth-order valence-electron chi connectivity index (χ4n) is 2.72. The maximum absolute atomic E-state index is 5.65. The Morgan fingerprint density at radius 1 is 1.38 bits per heavy atom. The Hall–Kier alpha value is -1.26. The maximum atomic E-state index is 5.65. The fraction of sp³-hybridized carbons (Fsp3) is 0.471. The summed E-state index contributed by atoms with van der Waals surface area (Å²) in [4.78, 5) is 4.77. The van der Waals surface area contributed by atoms with Crippen LogP contribution in [0, 0.1) is 0 Å². The second-order valence-corrected chi connectivity index (χ2v) is 6.66. The predicted octanol–water partition coefficient (Wildman–Crippen LogP) is 4.08. The van der Waals surface area contributed by atoms with Gasteiger partial charge in [-0.3, -0.25) is 0 Å². The zero-order chi connectivity index (χ0) is 14.7. The van der Waals surface area contributed by atoms with E-state index in [1.54, 1.807) is 0 Å². The maximum Gasteiger partial charge on any atom is 0.130 e. The molecular weight excluding hydrogens is 280 g/mol. The zero-order valence-electron chi connectivity index (χ0n) is 12.6. The van der Waals surface area contributed by atoms with Crippen molar-refractivity contribution in [3.8, 4) is 0 Å². The number of hydrogen-bond donors (Lipinski definition) is 1. The lowest BCUT2D eigenvalue weighted by Crippen LogP contribution is -2.14. The standard InChI is InChI=1S/C17H22N2OS/c1-3-18-17-14(11-21-16-8-9-20-12(16)2)10-13-6-4-5-7-15(13)19-17/h4-7,10,12,16H,3,8-9,11H2,1-2H3,(H,18,19). The van der Waals surface area contributed by atoms with Gasteiger partial charge in [-0.25, -0.2) is 4.98 Å². The first-order valence-electron chi connectivity index (χ1n) is 7.63. The summed E-state index contributed by atoms with van der Waals surface area (Å²) in [5, 5.41) is 5.22. The Morgan fingerprint density at radius 3 is 3.00 bits per heavy atom. The van der Waals surface area contributed by atoms with Crippen molar-refractivity contribution in [1.82, 2.24) is 4.98 Å². The molecule has 0 saturated carbocycles. The van der Waals surface area contributed by atoms with Gasteiger partial charge in [0, 0.05) is 35.1 Å². The molecule has 2 heterocycles. The molecule has 0 aliphatic carbocycles. The van der Waals surface area contributed by atoms with E-state index in [1.165, 1.54) is 10.9 Å². The summed E-state index contributed by atoms with van der Waals surface area (Å²) in [6.45, 7) is 6.08. The van der Waals surface area contributed by atoms with Crippen molar-refractivity contribution in [3.05, 3.63) is 35.9 Å². The van der Waals surface area contributed by atoms with Crippen LogP contribution in [-0.2, 0) is 10.5 Å². The highest BCUT2D eigenvalue weighted by Gasteiger charge is 2.24. The van der Waals surface area contributed by atoms with E-state index in [4.69, 9.17) is 9.72 Å². The van der Waals surface area contributed by atoms with E-state index in [1.807, 2.05) is 17.8 Å². The molecule has 2 aromatic rings. The van der Waals surface area contributed by atoms with Gasteiger partial charge in [-0.15, -0.1) is 0 Å². The molecular formula is C17H22N2OS. The topological polar surface area (TPSA) is 34.2 Å². The first kappa shape index (κ1) is 14.7. The van der Waals surface area contributed by atoms with Crippen molar-refractivity contribution in [1.29, 1.82) is 0 Å². The van der Waals surface area contributed by atoms with Gasteiger partial charge in [0.25, 0.3) is 0 Å². The highest BCUT2D eigenvalue weighted by atomic mass is 32.2. The summed E-state index contributed by atoms with van der Waals surface area (Å²) >= 11 is 1.99. The molecule has 1 aromatic carbocycles. The molecule has 1 N–H and O–H groups in total. The molecule has 0 spiro atoms. The molecule has 1 saturated heterocycles. The smallest absolute Gasteiger partial charge is 0.130 e. The minimum absolute atomic E-state index is 0.367. The molecule has 112 valence electrons. The van der Waals surface area contributed by atoms with Crippen LogP contribution in [0.1, 0.15) is 25.8 Å². The lowest BCUT2D eigenvalue weighted by Gasteiger charge is -2.16. The van der Waals surface area contributed by atoms with Gasteiger partial charge in [-0.05, 0) is 32.4 Å². The Morgan fingerprint density at radius 2 is 2.24 bits per heavy atom. The van der Waals surface area contributed by atoms with Crippen LogP contribution >= 0.6 is 11.8 Å². The lowest BCUT2D eigenvalue weighted by molar-refractivity contribution is 0.127. The van der Waals surface area contributed by atoms with Gasteiger partial charge in [0.15, 0.2) is 0 Å². The average molecular weight is 302 g/mol. The second-order valence-electron chi connectivity index (χ2n) is 5.43. The largest absolute Gasteiger partial charge is 0.377 e. The van der Waals surface area contributed by atoms with Crippen LogP contribution in [0.25, 0.3) is 10.9 Å². The third-order valence-electron chi connectivity index (χ3n) is 3.91. The number of fused-ring (bicyclic) bond motifs is 1. The molecule has 0 bridgehead atoms. The molecule has 1 aromatic heterocycles. The van der Waals surface area contributed by atoms with Gasteiger partial charge >= 0.3 is 0 Å². The van der Waals surface area contributed by atoms with Gasteiger partial charge in [0.1, 0.15) is 5.82 Å². The number of ether oxygens (including phenoxy) is 1. The number of aromatic nitrogens is 1. The van der Waals surface area contributed by atoms with Crippen molar-refractivity contribution >= 4 is 28.5 Å².